The second-order valence-corrected chi connectivity index (χ2v) is 6.50. The summed E-state index contributed by atoms with van der Waals surface area (Å²) in [6.45, 7) is 0.265. The van der Waals surface area contributed by atoms with Crippen LogP contribution in [0.2, 0.25) is 0 Å². The Bertz CT molecular complexity index is 635. The maximum Gasteiger partial charge on any atom is 0.243 e. The number of piperidine rings is 1. The number of carbonyl (C=O) groups excluding carboxylic acids is 1. The van der Waals surface area contributed by atoms with E-state index in [2.05, 4.69) is 15.0 Å². The summed E-state index contributed by atoms with van der Waals surface area (Å²) in [5.41, 5.74) is 5.55. The lowest BCUT2D eigenvalue weighted by Gasteiger charge is -2.23. The zero-order valence-corrected chi connectivity index (χ0v) is 12.1. The Labute approximate surface area is 122 Å². The lowest BCUT2D eigenvalue weighted by Crippen LogP contribution is -2.47. The monoisotopic (exact) mass is 314 g/mol. The molecule has 0 aliphatic carbocycles. The molecule has 1 aromatic rings. The molecule has 1 atom stereocenters. The summed E-state index contributed by atoms with van der Waals surface area (Å²) in [7, 11) is -3.78. The van der Waals surface area contributed by atoms with Crippen molar-refractivity contribution in [3.05, 3.63) is 24.0 Å². The van der Waals surface area contributed by atoms with Crippen molar-refractivity contribution in [3.8, 4) is 0 Å². The number of aromatic nitrogens is 1. The van der Waals surface area contributed by atoms with Crippen molar-refractivity contribution in [1.29, 1.82) is 0 Å². The van der Waals surface area contributed by atoms with E-state index in [1.165, 1.54) is 18.3 Å². The van der Waals surface area contributed by atoms with Gasteiger partial charge in [0.2, 0.25) is 15.9 Å². The second-order valence-electron chi connectivity index (χ2n) is 4.38. The molecule has 0 saturated carbocycles. The summed E-state index contributed by atoms with van der Waals surface area (Å²) in [6, 6.07) is 2.54. The fraction of sp³-hybridized carbons (Fsp3) is 0.364. The van der Waals surface area contributed by atoms with Crippen LogP contribution in [0.15, 0.2) is 23.2 Å². The van der Waals surface area contributed by atoms with Gasteiger partial charge < -0.3 is 11.1 Å². The number of hydrogen-bond acceptors (Lipinski definition) is 5. The van der Waals surface area contributed by atoms with Crippen LogP contribution in [0.4, 0.5) is 0 Å². The lowest BCUT2D eigenvalue weighted by molar-refractivity contribution is -0.122. The van der Waals surface area contributed by atoms with Gasteiger partial charge in [0.25, 0.3) is 0 Å². The molecule has 20 heavy (non-hydrogen) atoms. The van der Waals surface area contributed by atoms with E-state index < -0.39 is 10.0 Å². The second kappa shape index (κ2) is 5.81. The maximum absolute atomic E-state index is 12.3. The van der Waals surface area contributed by atoms with Gasteiger partial charge in [-0.25, -0.2) is 13.1 Å². The molecule has 1 amide bonds. The molecule has 9 heteroatoms. The van der Waals surface area contributed by atoms with Crippen molar-refractivity contribution in [2.45, 2.75) is 23.8 Å². The van der Waals surface area contributed by atoms with E-state index in [-0.39, 0.29) is 34.1 Å². The molecule has 2 rings (SSSR count). The van der Waals surface area contributed by atoms with E-state index in [4.69, 9.17) is 18.0 Å². The zero-order valence-electron chi connectivity index (χ0n) is 10.5. The Kier molecular flexibility index (Phi) is 4.31. The number of carbonyl (C=O) groups is 1. The van der Waals surface area contributed by atoms with Gasteiger partial charge >= 0.3 is 0 Å². The number of hydrogen-bond donors (Lipinski definition) is 3. The number of rotatable bonds is 4. The predicted molar refractivity (Wildman–Crippen MR) is 76.5 cm³/mol. The van der Waals surface area contributed by atoms with E-state index in [0.29, 0.717) is 12.8 Å². The highest BCUT2D eigenvalue weighted by Gasteiger charge is 2.26. The SMILES string of the molecule is NC(=S)c1ncccc1S(=O)(=O)NC1CCC(=O)NC1. The number of thiocarbonyl (C=S) groups is 1. The third kappa shape index (κ3) is 3.30. The molecule has 108 valence electrons. The third-order valence-electron chi connectivity index (χ3n) is 2.88. The molecule has 0 aromatic carbocycles. The molecule has 7 nitrogen and oxygen atoms in total. The molecule has 1 fully saturated rings. The number of amides is 1. The Morgan fingerprint density at radius 3 is 2.90 bits per heavy atom. The van der Waals surface area contributed by atoms with E-state index in [0.717, 1.165) is 0 Å². The summed E-state index contributed by atoms with van der Waals surface area (Å²) in [5.74, 6) is -0.0781. The minimum Gasteiger partial charge on any atom is -0.388 e. The van der Waals surface area contributed by atoms with Gasteiger partial charge in [-0.05, 0) is 18.6 Å². The van der Waals surface area contributed by atoms with Crippen molar-refractivity contribution in [1.82, 2.24) is 15.0 Å². The van der Waals surface area contributed by atoms with Gasteiger partial charge in [-0.3, -0.25) is 9.78 Å². The molecule has 1 aliphatic heterocycles. The van der Waals surface area contributed by atoms with Crippen molar-refractivity contribution in [2.24, 2.45) is 5.73 Å². The van der Waals surface area contributed by atoms with Crippen molar-refractivity contribution < 1.29 is 13.2 Å². The van der Waals surface area contributed by atoms with E-state index in [9.17, 15) is 13.2 Å². The fourth-order valence-electron chi connectivity index (χ4n) is 1.91. The summed E-state index contributed by atoms with van der Waals surface area (Å²) in [4.78, 5) is 14.8. The Morgan fingerprint density at radius 2 is 2.30 bits per heavy atom. The standard InChI is InChI=1S/C11H14N4O3S2/c12-11(19)10-8(2-1-5-13-10)20(17,18)15-7-3-4-9(16)14-6-7/h1-2,5,7,15H,3-4,6H2,(H2,12,19)(H,14,16). The van der Waals surface area contributed by atoms with Gasteiger partial charge in [0.1, 0.15) is 15.6 Å². The first kappa shape index (κ1) is 14.8. The molecule has 2 heterocycles. The summed E-state index contributed by atoms with van der Waals surface area (Å²) in [6.07, 6.45) is 2.17. The molecule has 1 saturated heterocycles. The van der Waals surface area contributed by atoms with Crippen LogP contribution in [-0.4, -0.2) is 36.9 Å². The van der Waals surface area contributed by atoms with Crippen LogP contribution in [0.1, 0.15) is 18.5 Å². The molecule has 1 aliphatic rings. The third-order valence-corrected chi connectivity index (χ3v) is 4.63. The van der Waals surface area contributed by atoms with Gasteiger partial charge in [0.05, 0.1) is 0 Å². The van der Waals surface area contributed by atoms with Crippen LogP contribution >= 0.6 is 12.2 Å². The van der Waals surface area contributed by atoms with Crippen LogP contribution in [0.5, 0.6) is 0 Å². The van der Waals surface area contributed by atoms with Crippen LogP contribution in [-0.2, 0) is 14.8 Å². The summed E-state index contributed by atoms with van der Waals surface area (Å²) >= 11 is 4.80. The van der Waals surface area contributed by atoms with Crippen molar-refractivity contribution in [2.75, 3.05) is 6.54 Å². The highest BCUT2D eigenvalue weighted by atomic mass is 32.2. The van der Waals surface area contributed by atoms with Gasteiger partial charge in [-0.15, -0.1) is 0 Å². The quantitative estimate of drug-likeness (QED) is 0.632. The van der Waals surface area contributed by atoms with E-state index in [1.54, 1.807) is 0 Å². The maximum atomic E-state index is 12.3. The molecule has 4 N–H and O–H groups in total. The van der Waals surface area contributed by atoms with Crippen LogP contribution in [0, 0.1) is 0 Å². The van der Waals surface area contributed by atoms with Gasteiger partial charge in [-0.1, -0.05) is 12.2 Å². The first-order valence-electron chi connectivity index (χ1n) is 5.94. The molecule has 0 bridgehead atoms. The highest BCUT2D eigenvalue weighted by Crippen LogP contribution is 2.15. The van der Waals surface area contributed by atoms with E-state index in [1.807, 2.05) is 0 Å². The van der Waals surface area contributed by atoms with Crippen LogP contribution in [0.3, 0.4) is 0 Å². The predicted octanol–water partition coefficient (Wildman–Crippen LogP) is -0.727. The van der Waals surface area contributed by atoms with Crippen LogP contribution in [0.25, 0.3) is 0 Å². The van der Waals surface area contributed by atoms with E-state index >= 15 is 0 Å². The molecule has 0 radical (unpaired) electrons. The summed E-state index contributed by atoms with van der Waals surface area (Å²) < 4.78 is 27.2. The first-order chi connectivity index (χ1) is 9.40. The molecular formula is C11H14N4O3S2. The number of nitrogens with two attached hydrogens (primary N) is 1. The average molecular weight is 314 g/mol. The minimum absolute atomic E-state index is 0.0515. The molecule has 1 unspecified atom stereocenters. The Morgan fingerprint density at radius 1 is 1.55 bits per heavy atom. The number of nitrogens with zero attached hydrogens (tertiary/aromatic N) is 1. The average Bonchev–Trinajstić information content (AvgIpc) is 2.41. The number of pyridine rings is 1. The summed E-state index contributed by atoms with van der Waals surface area (Å²) in [5, 5.41) is 2.61. The topological polar surface area (TPSA) is 114 Å². The van der Waals surface area contributed by atoms with Gasteiger partial charge in [0.15, 0.2) is 0 Å². The first-order valence-corrected chi connectivity index (χ1v) is 7.83. The smallest absolute Gasteiger partial charge is 0.243 e. The zero-order chi connectivity index (χ0) is 14.8. The molecule has 0 spiro atoms. The number of nitrogens with one attached hydrogen (secondary N) is 2. The van der Waals surface area contributed by atoms with Gasteiger partial charge in [0, 0.05) is 25.2 Å². The lowest BCUT2D eigenvalue weighted by atomic mass is 10.1. The van der Waals surface area contributed by atoms with Gasteiger partial charge in [-0.2, -0.15) is 0 Å². The molecule has 1 aromatic heterocycles. The largest absolute Gasteiger partial charge is 0.388 e. The van der Waals surface area contributed by atoms with Crippen LogP contribution < -0.4 is 15.8 Å². The Hall–Kier alpha value is -1.58. The normalized spacial score (nSPS) is 19.4. The van der Waals surface area contributed by atoms with Crippen molar-refractivity contribution in [3.63, 3.8) is 0 Å². The highest BCUT2D eigenvalue weighted by molar-refractivity contribution is 7.89. The minimum atomic E-state index is -3.78. The number of sulfonamides is 1. The van der Waals surface area contributed by atoms with Crippen molar-refractivity contribution >= 4 is 33.1 Å². The molecular weight excluding hydrogens is 300 g/mol. The Balaban J connectivity index is 2.23. The fourth-order valence-corrected chi connectivity index (χ4v) is 3.58.